The van der Waals surface area contributed by atoms with Crippen LogP contribution in [0.3, 0.4) is 0 Å². The van der Waals surface area contributed by atoms with Crippen LogP contribution in [-0.4, -0.2) is 44.6 Å². The monoisotopic (exact) mass is 564 g/mol. The Morgan fingerprint density at radius 3 is 2.50 bits per heavy atom. The Balaban J connectivity index is 1.93. The summed E-state index contributed by atoms with van der Waals surface area (Å²) in [4.78, 5) is 32.7. The Labute approximate surface area is 238 Å². The van der Waals surface area contributed by atoms with Gasteiger partial charge in [-0.25, -0.2) is 9.79 Å². The van der Waals surface area contributed by atoms with E-state index in [-0.39, 0.29) is 24.3 Å². The van der Waals surface area contributed by atoms with E-state index in [1.54, 1.807) is 24.7 Å². The first-order valence-electron chi connectivity index (χ1n) is 13.4. The van der Waals surface area contributed by atoms with Gasteiger partial charge in [-0.05, 0) is 42.5 Å². The predicted octanol–water partition coefficient (Wildman–Crippen LogP) is 4.35. The lowest BCUT2D eigenvalue weighted by atomic mass is 9.94. The first-order chi connectivity index (χ1) is 19.3. The van der Waals surface area contributed by atoms with Gasteiger partial charge in [-0.2, -0.15) is 0 Å². The molecular formula is C31H36N2O6S. The van der Waals surface area contributed by atoms with Crippen LogP contribution < -0.4 is 24.4 Å². The molecule has 8 nitrogen and oxygen atoms in total. The molecule has 0 spiro atoms. The summed E-state index contributed by atoms with van der Waals surface area (Å²) in [6.07, 6.45) is 2.64. The lowest BCUT2D eigenvalue weighted by molar-refractivity contribution is -0.140. The van der Waals surface area contributed by atoms with Crippen molar-refractivity contribution in [2.45, 2.75) is 46.1 Å². The van der Waals surface area contributed by atoms with Crippen molar-refractivity contribution in [3.05, 3.63) is 90.1 Å². The fraction of sp³-hybridized carbons (Fsp3) is 0.387. The summed E-state index contributed by atoms with van der Waals surface area (Å²) >= 11 is 1.29. The van der Waals surface area contributed by atoms with E-state index < -0.39 is 12.0 Å². The summed E-state index contributed by atoms with van der Waals surface area (Å²) in [7, 11) is 3.10. The number of para-hydroxylation sites is 1. The molecule has 0 saturated heterocycles. The van der Waals surface area contributed by atoms with E-state index in [4.69, 9.17) is 18.9 Å². The Kier molecular flexibility index (Phi) is 9.60. The maximum atomic E-state index is 14.0. The van der Waals surface area contributed by atoms with Crippen molar-refractivity contribution in [1.82, 2.24) is 4.57 Å². The summed E-state index contributed by atoms with van der Waals surface area (Å²) in [6, 6.07) is 12.8. The standard InChI is InChI=1S/C31H36N2O6S/c1-7-15-38-28-23(9-8-10-24(28)37-6)27-26(30(35)39-17-16-36-5)20(4)32-31-33(27)29(34)25(40-31)18-21-11-13-22(14-12-21)19(2)3/h8-14,18-19,27H,7,15-17H2,1-6H3/b25-18+/t27-/m1/s1. The normalized spacial score (nSPS) is 15.2. The van der Waals surface area contributed by atoms with Gasteiger partial charge < -0.3 is 18.9 Å². The van der Waals surface area contributed by atoms with Crippen molar-refractivity contribution >= 4 is 23.4 Å². The van der Waals surface area contributed by atoms with Crippen molar-refractivity contribution in [3.63, 3.8) is 0 Å². The zero-order chi connectivity index (χ0) is 28.8. The number of fused-ring (bicyclic) bond motifs is 1. The fourth-order valence-electron chi connectivity index (χ4n) is 4.57. The number of methoxy groups -OCH3 is 2. The Hall–Kier alpha value is -3.69. The van der Waals surface area contributed by atoms with Gasteiger partial charge in [0.25, 0.3) is 5.56 Å². The van der Waals surface area contributed by atoms with E-state index in [0.717, 1.165) is 12.0 Å². The summed E-state index contributed by atoms with van der Waals surface area (Å²) in [5, 5.41) is 0. The highest BCUT2D eigenvalue weighted by Crippen LogP contribution is 2.40. The SMILES string of the molecule is CCCOc1c(OC)cccc1[C@@H]1C(C(=O)OCCOC)=C(C)N=c2s/c(=C/c3ccc(C(C)C)cc3)c(=O)n21. The molecule has 4 rings (SSSR count). The molecule has 0 saturated carbocycles. The van der Waals surface area contributed by atoms with E-state index >= 15 is 0 Å². The van der Waals surface area contributed by atoms with Gasteiger partial charge in [-0.1, -0.05) is 68.5 Å². The Morgan fingerprint density at radius 1 is 1.10 bits per heavy atom. The number of carbonyl (C=O) groups is 1. The van der Waals surface area contributed by atoms with Crippen molar-refractivity contribution in [2.75, 3.05) is 34.0 Å². The quantitative estimate of drug-likeness (QED) is 0.254. The molecule has 0 bridgehead atoms. The molecule has 9 heteroatoms. The van der Waals surface area contributed by atoms with Crippen molar-refractivity contribution in [2.24, 2.45) is 4.99 Å². The fourth-order valence-corrected chi connectivity index (χ4v) is 5.61. The smallest absolute Gasteiger partial charge is 0.338 e. The lowest BCUT2D eigenvalue weighted by Gasteiger charge is -2.27. The highest BCUT2D eigenvalue weighted by Gasteiger charge is 2.36. The molecule has 212 valence electrons. The van der Waals surface area contributed by atoms with E-state index in [1.807, 2.05) is 37.3 Å². The number of thiazole rings is 1. The maximum absolute atomic E-state index is 14.0. The molecule has 1 aromatic heterocycles. The van der Waals surface area contributed by atoms with Gasteiger partial charge in [-0.3, -0.25) is 9.36 Å². The molecule has 2 heterocycles. The molecule has 0 N–H and O–H groups in total. The second kappa shape index (κ2) is 13.1. The van der Waals surface area contributed by atoms with E-state index in [1.165, 1.54) is 24.0 Å². The highest BCUT2D eigenvalue weighted by atomic mass is 32.1. The summed E-state index contributed by atoms with van der Waals surface area (Å²) in [6.45, 7) is 8.82. The topological polar surface area (TPSA) is 88.4 Å². The molecule has 0 aliphatic carbocycles. The number of carbonyl (C=O) groups excluding carboxylic acids is 1. The van der Waals surface area contributed by atoms with Crippen LogP contribution in [0, 0.1) is 0 Å². The first kappa shape index (κ1) is 29.3. The Morgan fingerprint density at radius 2 is 1.85 bits per heavy atom. The number of nitrogens with zero attached hydrogens (tertiary/aromatic N) is 2. The molecule has 0 unspecified atom stereocenters. The van der Waals surface area contributed by atoms with Crippen molar-refractivity contribution in [3.8, 4) is 11.5 Å². The van der Waals surface area contributed by atoms with Gasteiger partial charge in [0, 0.05) is 12.7 Å². The minimum atomic E-state index is -0.821. The number of rotatable bonds is 11. The zero-order valence-corrected chi connectivity index (χ0v) is 24.7. The average molecular weight is 565 g/mol. The third kappa shape index (κ3) is 6.05. The lowest BCUT2D eigenvalue weighted by Crippen LogP contribution is -2.40. The van der Waals surface area contributed by atoms with Gasteiger partial charge >= 0.3 is 5.97 Å². The van der Waals surface area contributed by atoms with E-state index in [0.29, 0.717) is 44.6 Å². The van der Waals surface area contributed by atoms with Crippen molar-refractivity contribution < 1.29 is 23.7 Å². The van der Waals surface area contributed by atoms with Gasteiger partial charge in [0.05, 0.1) is 36.1 Å². The molecule has 0 radical (unpaired) electrons. The van der Waals surface area contributed by atoms with Crippen molar-refractivity contribution in [1.29, 1.82) is 0 Å². The van der Waals surface area contributed by atoms with Crippen LogP contribution in [0.2, 0.25) is 0 Å². The third-order valence-electron chi connectivity index (χ3n) is 6.64. The number of esters is 1. The van der Waals surface area contributed by atoms with Gasteiger partial charge in [0.15, 0.2) is 16.3 Å². The Bertz CT molecular complexity index is 1570. The van der Waals surface area contributed by atoms with E-state index in [9.17, 15) is 9.59 Å². The molecule has 0 amide bonds. The van der Waals surface area contributed by atoms with Gasteiger partial charge in [0.1, 0.15) is 12.6 Å². The molecule has 2 aromatic carbocycles. The molecule has 1 aliphatic rings. The van der Waals surface area contributed by atoms with Crippen LogP contribution in [0.25, 0.3) is 6.08 Å². The molecule has 0 fully saturated rings. The minimum Gasteiger partial charge on any atom is -0.493 e. The van der Waals surface area contributed by atoms with Gasteiger partial charge in [0.2, 0.25) is 0 Å². The third-order valence-corrected chi connectivity index (χ3v) is 7.62. The minimum absolute atomic E-state index is 0.0763. The van der Waals surface area contributed by atoms with Crippen LogP contribution >= 0.6 is 11.3 Å². The highest BCUT2D eigenvalue weighted by molar-refractivity contribution is 7.07. The number of aromatic nitrogens is 1. The number of ether oxygens (including phenoxy) is 4. The summed E-state index contributed by atoms with van der Waals surface area (Å²) < 4.78 is 24.4. The molecular weight excluding hydrogens is 528 g/mol. The van der Waals surface area contributed by atoms with Crippen LogP contribution in [0.5, 0.6) is 11.5 Å². The maximum Gasteiger partial charge on any atom is 0.338 e. The summed E-state index contributed by atoms with van der Waals surface area (Å²) in [5.74, 6) is 0.843. The molecule has 1 atom stereocenters. The van der Waals surface area contributed by atoms with Gasteiger partial charge in [-0.15, -0.1) is 0 Å². The molecule has 40 heavy (non-hydrogen) atoms. The van der Waals surface area contributed by atoms with Crippen LogP contribution in [0.1, 0.15) is 62.8 Å². The van der Waals surface area contributed by atoms with E-state index in [2.05, 4.69) is 31.0 Å². The predicted molar refractivity (Wildman–Crippen MR) is 156 cm³/mol. The largest absolute Gasteiger partial charge is 0.493 e. The molecule has 3 aromatic rings. The first-order valence-corrected chi connectivity index (χ1v) is 14.2. The molecule has 1 aliphatic heterocycles. The van der Waals surface area contributed by atoms with Crippen LogP contribution in [-0.2, 0) is 14.3 Å². The van der Waals surface area contributed by atoms with Crippen LogP contribution in [0.15, 0.2) is 63.5 Å². The number of hydrogen-bond donors (Lipinski definition) is 0. The average Bonchev–Trinajstić information content (AvgIpc) is 3.25. The number of allylic oxidation sites excluding steroid dienone is 1. The second-order valence-electron chi connectivity index (χ2n) is 9.76. The zero-order valence-electron chi connectivity index (χ0n) is 23.9. The number of benzene rings is 2. The van der Waals surface area contributed by atoms with Crippen LogP contribution in [0.4, 0.5) is 0 Å². The number of hydrogen-bond acceptors (Lipinski definition) is 8. The second-order valence-corrected chi connectivity index (χ2v) is 10.8. The summed E-state index contributed by atoms with van der Waals surface area (Å²) in [5.41, 5.74) is 3.25.